The van der Waals surface area contributed by atoms with Gasteiger partial charge < -0.3 is 15.5 Å². The Morgan fingerprint density at radius 2 is 2.29 bits per heavy atom. The maximum absolute atomic E-state index is 11.0. The van der Waals surface area contributed by atoms with Crippen molar-refractivity contribution in [2.75, 3.05) is 11.9 Å². The topological polar surface area (TPSA) is 82.5 Å². The van der Waals surface area contributed by atoms with Crippen LogP contribution in [-0.4, -0.2) is 33.8 Å². The molecule has 0 aromatic carbocycles. The van der Waals surface area contributed by atoms with Gasteiger partial charge in [0.15, 0.2) is 0 Å². The minimum atomic E-state index is -0.978. The third-order valence-electron chi connectivity index (χ3n) is 3.06. The molecule has 1 aliphatic carbocycles. The van der Waals surface area contributed by atoms with E-state index in [2.05, 4.69) is 10.3 Å². The summed E-state index contributed by atoms with van der Waals surface area (Å²) >= 11 is 0. The Morgan fingerprint density at radius 1 is 1.59 bits per heavy atom. The number of aromatic carboxylic acids is 1. The van der Waals surface area contributed by atoms with Crippen LogP contribution in [0.2, 0.25) is 0 Å². The lowest BCUT2D eigenvalue weighted by Crippen LogP contribution is -2.33. The fourth-order valence-electron chi connectivity index (χ4n) is 2.00. The molecule has 1 saturated carbocycles. The third kappa shape index (κ3) is 2.74. The van der Waals surface area contributed by atoms with Crippen molar-refractivity contribution in [1.29, 1.82) is 0 Å². The van der Waals surface area contributed by atoms with Gasteiger partial charge in [0.05, 0.1) is 11.8 Å². The van der Waals surface area contributed by atoms with Crippen LogP contribution in [0.15, 0.2) is 12.3 Å². The number of aliphatic hydroxyl groups is 1. The maximum Gasteiger partial charge on any atom is 0.339 e. The number of aryl methyl sites for hydroxylation is 1. The molecule has 1 aromatic rings. The minimum Gasteiger partial charge on any atom is -0.478 e. The molecular formula is C12H16N2O3. The summed E-state index contributed by atoms with van der Waals surface area (Å²) in [4.78, 5) is 15.0. The number of carbonyl (C=O) groups is 1. The van der Waals surface area contributed by atoms with E-state index >= 15 is 0 Å². The molecule has 0 spiro atoms. The number of rotatable bonds is 4. The zero-order valence-corrected chi connectivity index (χ0v) is 9.68. The average Bonchev–Trinajstić information content (AvgIpc) is 2.22. The van der Waals surface area contributed by atoms with Crippen LogP contribution in [0.4, 0.5) is 5.69 Å². The van der Waals surface area contributed by atoms with Crippen LogP contribution in [0.25, 0.3) is 0 Å². The van der Waals surface area contributed by atoms with Crippen molar-refractivity contribution in [3.8, 4) is 0 Å². The van der Waals surface area contributed by atoms with Gasteiger partial charge in [-0.2, -0.15) is 0 Å². The molecule has 0 radical (unpaired) electrons. The number of hydrogen-bond acceptors (Lipinski definition) is 4. The van der Waals surface area contributed by atoms with Gasteiger partial charge in [0, 0.05) is 18.4 Å². The van der Waals surface area contributed by atoms with Gasteiger partial charge >= 0.3 is 5.97 Å². The highest BCUT2D eigenvalue weighted by atomic mass is 16.4. The predicted molar refractivity (Wildman–Crippen MR) is 63.2 cm³/mol. The van der Waals surface area contributed by atoms with Crippen molar-refractivity contribution in [1.82, 2.24) is 4.98 Å². The Morgan fingerprint density at radius 3 is 2.88 bits per heavy atom. The molecule has 1 fully saturated rings. The number of nitrogens with zero attached hydrogens (tertiary/aromatic N) is 1. The van der Waals surface area contributed by atoms with Gasteiger partial charge in [0.1, 0.15) is 5.56 Å². The molecule has 0 saturated heterocycles. The Bertz CT molecular complexity index is 428. The summed E-state index contributed by atoms with van der Waals surface area (Å²) in [5.74, 6) is -0.547. The lowest BCUT2D eigenvalue weighted by molar-refractivity contribution is 0.0486. The second kappa shape index (κ2) is 4.71. The number of pyridine rings is 1. The normalized spacial score (nSPS) is 22.9. The first kappa shape index (κ1) is 11.9. The Balaban J connectivity index is 2.03. The van der Waals surface area contributed by atoms with Crippen molar-refractivity contribution in [2.24, 2.45) is 5.92 Å². The second-order valence-electron chi connectivity index (χ2n) is 4.55. The van der Waals surface area contributed by atoms with Crippen LogP contribution in [0.3, 0.4) is 0 Å². The summed E-state index contributed by atoms with van der Waals surface area (Å²) in [6.07, 6.45) is 2.77. The summed E-state index contributed by atoms with van der Waals surface area (Å²) in [5, 5.41) is 21.3. The standard InChI is InChI=1S/C12H16N2O3/c1-7-2-11(10(6-13-7)12(16)17)14-5-8-3-9(15)4-8/h2,6,8-9,15H,3-5H2,1H3,(H,13,14)(H,16,17). The first-order valence-electron chi connectivity index (χ1n) is 5.68. The van der Waals surface area contributed by atoms with Gasteiger partial charge in [-0.15, -0.1) is 0 Å². The minimum absolute atomic E-state index is 0.181. The number of anilines is 1. The fourth-order valence-corrected chi connectivity index (χ4v) is 2.00. The molecule has 17 heavy (non-hydrogen) atoms. The summed E-state index contributed by atoms with van der Waals surface area (Å²) < 4.78 is 0. The van der Waals surface area contributed by atoms with Crippen molar-refractivity contribution >= 4 is 11.7 Å². The first-order chi connectivity index (χ1) is 8.06. The molecule has 5 nitrogen and oxygen atoms in total. The van der Waals surface area contributed by atoms with Gasteiger partial charge in [-0.3, -0.25) is 4.98 Å². The molecule has 1 aliphatic rings. The van der Waals surface area contributed by atoms with Crippen LogP contribution in [0.5, 0.6) is 0 Å². The van der Waals surface area contributed by atoms with E-state index in [-0.39, 0.29) is 11.7 Å². The molecule has 1 aromatic heterocycles. The van der Waals surface area contributed by atoms with E-state index in [1.165, 1.54) is 6.20 Å². The van der Waals surface area contributed by atoms with Gasteiger partial charge in [0.25, 0.3) is 0 Å². The van der Waals surface area contributed by atoms with Crippen molar-refractivity contribution in [2.45, 2.75) is 25.9 Å². The lowest BCUT2D eigenvalue weighted by Gasteiger charge is -2.31. The molecule has 1 heterocycles. The molecule has 0 aliphatic heterocycles. The van der Waals surface area contributed by atoms with E-state index in [1.807, 2.05) is 6.92 Å². The van der Waals surface area contributed by atoms with Crippen LogP contribution in [0, 0.1) is 12.8 Å². The van der Waals surface area contributed by atoms with E-state index in [9.17, 15) is 9.90 Å². The number of carboxylic acids is 1. The van der Waals surface area contributed by atoms with Crippen LogP contribution in [0.1, 0.15) is 28.9 Å². The van der Waals surface area contributed by atoms with E-state index < -0.39 is 5.97 Å². The van der Waals surface area contributed by atoms with Gasteiger partial charge in [-0.25, -0.2) is 4.79 Å². The molecule has 92 valence electrons. The molecule has 3 N–H and O–H groups in total. The first-order valence-corrected chi connectivity index (χ1v) is 5.68. The van der Waals surface area contributed by atoms with Crippen molar-refractivity contribution in [3.63, 3.8) is 0 Å². The fraction of sp³-hybridized carbons (Fsp3) is 0.500. The lowest BCUT2D eigenvalue weighted by atomic mass is 9.82. The number of carboxylic acid groups (broad SMARTS) is 1. The maximum atomic E-state index is 11.0. The van der Waals surface area contributed by atoms with Crippen LogP contribution in [-0.2, 0) is 0 Å². The van der Waals surface area contributed by atoms with Crippen LogP contribution < -0.4 is 5.32 Å². The summed E-state index contributed by atoms with van der Waals surface area (Å²) in [5.41, 5.74) is 1.58. The molecule has 5 heteroatoms. The smallest absolute Gasteiger partial charge is 0.339 e. The Labute approximate surface area is 99.5 Å². The highest BCUT2D eigenvalue weighted by Crippen LogP contribution is 2.27. The molecule has 0 amide bonds. The summed E-state index contributed by atoms with van der Waals surface area (Å²) in [6, 6.07) is 1.73. The quantitative estimate of drug-likeness (QED) is 0.733. The van der Waals surface area contributed by atoms with E-state index in [0.717, 1.165) is 18.5 Å². The zero-order valence-electron chi connectivity index (χ0n) is 9.68. The van der Waals surface area contributed by atoms with E-state index in [0.29, 0.717) is 18.2 Å². The highest BCUT2D eigenvalue weighted by molar-refractivity contribution is 5.93. The van der Waals surface area contributed by atoms with Crippen LogP contribution >= 0.6 is 0 Å². The SMILES string of the molecule is Cc1cc(NCC2CC(O)C2)c(C(=O)O)cn1. The monoisotopic (exact) mass is 236 g/mol. The number of nitrogens with one attached hydrogen (secondary N) is 1. The van der Waals surface area contributed by atoms with E-state index in [4.69, 9.17) is 5.11 Å². The van der Waals surface area contributed by atoms with Gasteiger partial charge in [0.2, 0.25) is 0 Å². The van der Waals surface area contributed by atoms with Gasteiger partial charge in [-0.05, 0) is 31.7 Å². The second-order valence-corrected chi connectivity index (χ2v) is 4.55. The summed E-state index contributed by atoms with van der Waals surface area (Å²) in [6.45, 7) is 2.52. The molecule has 0 unspecified atom stereocenters. The van der Waals surface area contributed by atoms with E-state index in [1.54, 1.807) is 6.07 Å². The zero-order chi connectivity index (χ0) is 12.4. The summed E-state index contributed by atoms with van der Waals surface area (Å²) in [7, 11) is 0. The molecule has 0 bridgehead atoms. The van der Waals surface area contributed by atoms with Gasteiger partial charge in [-0.1, -0.05) is 0 Å². The molecular weight excluding hydrogens is 220 g/mol. The molecule has 2 rings (SSSR count). The molecule has 0 atom stereocenters. The Hall–Kier alpha value is -1.62. The third-order valence-corrected chi connectivity index (χ3v) is 3.06. The van der Waals surface area contributed by atoms with Crippen molar-refractivity contribution in [3.05, 3.63) is 23.5 Å². The average molecular weight is 236 g/mol. The Kier molecular flexibility index (Phi) is 3.28. The number of aliphatic hydroxyl groups excluding tert-OH is 1. The number of hydrogen-bond donors (Lipinski definition) is 3. The number of aromatic nitrogens is 1. The predicted octanol–water partition coefficient (Wildman–Crippen LogP) is 1.27. The highest BCUT2D eigenvalue weighted by Gasteiger charge is 2.27. The largest absolute Gasteiger partial charge is 0.478 e. The van der Waals surface area contributed by atoms with Crippen molar-refractivity contribution < 1.29 is 15.0 Å².